The summed E-state index contributed by atoms with van der Waals surface area (Å²) < 4.78 is 22.4. The maximum absolute atomic E-state index is 13.8. The summed E-state index contributed by atoms with van der Waals surface area (Å²) in [5.74, 6) is 0.320. The van der Waals surface area contributed by atoms with Gasteiger partial charge in [-0.25, -0.2) is 4.39 Å². The molecular formula is C28H27FNO+. The van der Waals surface area contributed by atoms with E-state index in [0.29, 0.717) is 11.5 Å². The molecule has 0 aliphatic carbocycles. The maximum atomic E-state index is 13.8. The number of aryl methyl sites for hydroxylation is 2. The van der Waals surface area contributed by atoms with Crippen molar-refractivity contribution in [3.63, 3.8) is 0 Å². The van der Waals surface area contributed by atoms with Gasteiger partial charge in [0.1, 0.15) is 24.0 Å². The van der Waals surface area contributed by atoms with Crippen molar-refractivity contribution >= 4 is 32.8 Å². The smallest absolute Gasteiger partial charge is 0.216 e. The highest BCUT2D eigenvalue weighted by molar-refractivity contribution is 6.10. The Bertz CT molecular complexity index is 1480. The van der Waals surface area contributed by atoms with Crippen LogP contribution in [0.3, 0.4) is 0 Å². The molecule has 0 aliphatic heterocycles. The number of fused-ring (bicyclic) bond motifs is 4. The van der Waals surface area contributed by atoms with Gasteiger partial charge in [0.2, 0.25) is 11.2 Å². The van der Waals surface area contributed by atoms with Crippen molar-refractivity contribution in [2.75, 3.05) is 0 Å². The Morgan fingerprint density at radius 3 is 2.48 bits per heavy atom. The van der Waals surface area contributed by atoms with E-state index < -0.39 is 0 Å². The van der Waals surface area contributed by atoms with Gasteiger partial charge in [-0.1, -0.05) is 26.0 Å². The average molecular weight is 413 g/mol. The Morgan fingerprint density at radius 2 is 1.71 bits per heavy atom. The van der Waals surface area contributed by atoms with E-state index in [2.05, 4.69) is 75.7 Å². The largest absolute Gasteiger partial charge is 0.455 e. The molecule has 0 saturated heterocycles. The topological polar surface area (TPSA) is 17.0 Å². The quantitative estimate of drug-likeness (QED) is 0.287. The molecule has 156 valence electrons. The van der Waals surface area contributed by atoms with E-state index in [-0.39, 0.29) is 5.82 Å². The Labute approximate surface area is 181 Å². The lowest BCUT2D eigenvalue weighted by Crippen LogP contribution is -2.32. The lowest BCUT2D eigenvalue weighted by Gasteiger charge is -2.12. The minimum absolute atomic E-state index is 0.282. The van der Waals surface area contributed by atoms with E-state index in [0.717, 1.165) is 34.0 Å². The number of nitrogens with zero attached hydrogens (tertiary/aromatic N) is 1. The third kappa shape index (κ3) is 3.11. The van der Waals surface area contributed by atoms with Crippen LogP contribution in [0.5, 0.6) is 0 Å². The predicted molar refractivity (Wildman–Crippen MR) is 126 cm³/mol. The molecule has 3 aromatic carbocycles. The van der Waals surface area contributed by atoms with Crippen LogP contribution in [0.15, 0.2) is 59.0 Å². The first-order chi connectivity index (χ1) is 14.8. The molecule has 0 atom stereocenters. The lowest BCUT2D eigenvalue weighted by atomic mass is 9.94. The molecule has 5 aromatic rings. The SMILES string of the molecule is Cc1cc2c(oc3cc(F)ccc32)c(-c2ccc3c(CC(C)C)cccc3[n+]2C)c1C. The van der Waals surface area contributed by atoms with Crippen LogP contribution in [-0.2, 0) is 13.5 Å². The number of furan rings is 1. The standard InChI is InChI=1S/C28H27FNO/c1-16(2)13-19-7-6-8-24-21(19)11-12-25(30(24)5)27-18(4)17(3)14-23-22-10-9-20(29)15-26(22)31-28(23)27/h6-12,14-16H,13H2,1-5H3/q+1. The summed E-state index contributed by atoms with van der Waals surface area (Å²) in [6.45, 7) is 8.77. The summed E-state index contributed by atoms with van der Waals surface area (Å²) in [4.78, 5) is 0. The van der Waals surface area contributed by atoms with Gasteiger partial charge in [-0.15, -0.1) is 0 Å². The van der Waals surface area contributed by atoms with Gasteiger partial charge in [0.05, 0.1) is 5.56 Å². The molecule has 0 spiro atoms. The third-order valence-corrected chi connectivity index (χ3v) is 6.43. The first-order valence-electron chi connectivity index (χ1n) is 10.9. The van der Waals surface area contributed by atoms with Crippen molar-refractivity contribution in [2.24, 2.45) is 13.0 Å². The van der Waals surface area contributed by atoms with Gasteiger partial charge >= 0.3 is 0 Å². The van der Waals surface area contributed by atoms with Crippen LogP contribution >= 0.6 is 0 Å². The number of hydrogen-bond donors (Lipinski definition) is 0. The van der Waals surface area contributed by atoms with Crippen LogP contribution in [0.1, 0.15) is 30.5 Å². The Hall–Kier alpha value is -3.20. The van der Waals surface area contributed by atoms with Gasteiger partial charge in [0.25, 0.3) is 0 Å². The summed E-state index contributed by atoms with van der Waals surface area (Å²) in [6, 6.07) is 17.9. The summed E-state index contributed by atoms with van der Waals surface area (Å²) in [5, 5.41) is 3.26. The third-order valence-electron chi connectivity index (χ3n) is 6.43. The number of rotatable bonds is 3. The zero-order chi connectivity index (χ0) is 21.9. The molecule has 2 heterocycles. The van der Waals surface area contributed by atoms with Crippen molar-refractivity contribution in [1.82, 2.24) is 0 Å². The van der Waals surface area contributed by atoms with Crippen molar-refractivity contribution in [3.05, 3.63) is 77.1 Å². The fourth-order valence-corrected chi connectivity index (χ4v) is 4.78. The minimum Gasteiger partial charge on any atom is -0.455 e. The fourth-order valence-electron chi connectivity index (χ4n) is 4.78. The molecule has 2 nitrogen and oxygen atoms in total. The molecule has 0 unspecified atom stereocenters. The van der Waals surface area contributed by atoms with Crippen LogP contribution < -0.4 is 4.57 Å². The molecular weight excluding hydrogens is 385 g/mol. The Balaban J connectivity index is 1.84. The van der Waals surface area contributed by atoms with E-state index in [1.54, 1.807) is 0 Å². The van der Waals surface area contributed by atoms with Crippen LogP contribution in [-0.4, -0.2) is 0 Å². The van der Waals surface area contributed by atoms with Crippen molar-refractivity contribution < 1.29 is 13.4 Å². The van der Waals surface area contributed by atoms with Gasteiger partial charge in [-0.3, -0.25) is 0 Å². The summed E-state index contributed by atoms with van der Waals surface area (Å²) in [7, 11) is 2.12. The van der Waals surface area contributed by atoms with Gasteiger partial charge in [-0.2, -0.15) is 4.57 Å². The number of halogens is 1. The number of aromatic nitrogens is 1. The summed E-state index contributed by atoms with van der Waals surface area (Å²) >= 11 is 0. The van der Waals surface area contributed by atoms with E-state index in [1.807, 2.05) is 6.07 Å². The molecule has 0 saturated carbocycles. The lowest BCUT2D eigenvalue weighted by molar-refractivity contribution is -0.633. The second-order valence-corrected chi connectivity index (χ2v) is 9.04. The van der Waals surface area contributed by atoms with Crippen molar-refractivity contribution in [2.45, 2.75) is 34.1 Å². The van der Waals surface area contributed by atoms with Crippen LogP contribution in [0.2, 0.25) is 0 Å². The molecule has 0 fully saturated rings. The van der Waals surface area contributed by atoms with E-state index in [9.17, 15) is 4.39 Å². The molecule has 0 radical (unpaired) electrons. The highest BCUT2D eigenvalue weighted by atomic mass is 19.1. The van der Waals surface area contributed by atoms with Crippen LogP contribution in [0.4, 0.5) is 4.39 Å². The molecule has 0 bridgehead atoms. The highest BCUT2D eigenvalue weighted by Crippen LogP contribution is 2.39. The molecule has 3 heteroatoms. The second kappa shape index (κ2) is 7.19. The fraction of sp³-hybridized carbons (Fsp3) is 0.250. The number of pyridine rings is 1. The van der Waals surface area contributed by atoms with Gasteiger partial charge in [0.15, 0.2) is 0 Å². The number of benzene rings is 3. The molecule has 5 rings (SSSR count). The molecule has 0 aliphatic rings. The summed E-state index contributed by atoms with van der Waals surface area (Å²) in [6.07, 6.45) is 1.06. The van der Waals surface area contributed by atoms with Crippen molar-refractivity contribution in [3.8, 4) is 11.3 Å². The minimum atomic E-state index is -0.282. The first-order valence-corrected chi connectivity index (χ1v) is 10.9. The van der Waals surface area contributed by atoms with Crippen LogP contribution in [0, 0.1) is 25.6 Å². The highest BCUT2D eigenvalue weighted by Gasteiger charge is 2.24. The van der Waals surface area contributed by atoms with E-state index in [4.69, 9.17) is 4.42 Å². The van der Waals surface area contributed by atoms with E-state index >= 15 is 0 Å². The van der Waals surface area contributed by atoms with Gasteiger partial charge < -0.3 is 4.42 Å². The number of hydrogen-bond acceptors (Lipinski definition) is 1. The van der Waals surface area contributed by atoms with Gasteiger partial charge in [-0.05, 0) is 67.1 Å². The molecule has 0 amide bonds. The first kappa shape index (κ1) is 19.7. The Kier molecular flexibility index (Phi) is 4.58. The normalized spacial score (nSPS) is 12.0. The summed E-state index contributed by atoms with van der Waals surface area (Å²) in [5.41, 5.74) is 8.53. The molecule has 31 heavy (non-hydrogen) atoms. The predicted octanol–water partition coefficient (Wildman–Crippen LogP) is 7.19. The second-order valence-electron chi connectivity index (χ2n) is 9.04. The Morgan fingerprint density at radius 1 is 0.935 bits per heavy atom. The molecule has 2 aromatic heterocycles. The van der Waals surface area contributed by atoms with Gasteiger partial charge in [0, 0.05) is 34.4 Å². The molecule has 0 N–H and O–H groups in total. The average Bonchev–Trinajstić information content (AvgIpc) is 3.07. The zero-order valence-electron chi connectivity index (χ0n) is 18.7. The van der Waals surface area contributed by atoms with E-state index in [1.165, 1.54) is 39.7 Å². The van der Waals surface area contributed by atoms with Crippen molar-refractivity contribution in [1.29, 1.82) is 0 Å². The monoisotopic (exact) mass is 412 g/mol. The van der Waals surface area contributed by atoms with Crippen LogP contribution in [0.25, 0.3) is 44.1 Å². The maximum Gasteiger partial charge on any atom is 0.216 e. The zero-order valence-corrected chi connectivity index (χ0v) is 18.7.